The van der Waals surface area contributed by atoms with Gasteiger partial charge in [-0.2, -0.15) is 0 Å². The lowest BCUT2D eigenvalue weighted by molar-refractivity contribution is -0.384. The van der Waals surface area contributed by atoms with E-state index in [0.717, 1.165) is 17.9 Å². The Kier molecular flexibility index (Phi) is 4.12. The van der Waals surface area contributed by atoms with Crippen molar-refractivity contribution in [1.82, 2.24) is 4.90 Å². The zero-order chi connectivity index (χ0) is 17.3. The lowest BCUT2D eigenvalue weighted by Crippen LogP contribution is -2.41. The first-order valence-corrected chi connectivity index (χ1v) is 6.43. The maximum Gasteiger partial charge on any atom is 0.290 e. The van der Waals surface area contributed by atoms with Crippen molar-refractivity contribution in [3.8, 4) is 0 Å². The summed E-state index contributed by atoms with van der Waals surface area (Å²) in [5, 5.41) is 31.5. The lowest BCUT2D eigenvalue weighted by atomic mass is 9.96. The summed E-state index contributed by atoms with van der Waals surface area (Å²) in [6, 6.07) is 3.83. The van der Waals surface area contributed by atoms with E-state index in [1.165, 1.54) is 18.2 Å². The standard InChI is InChI=1S/C14H12N2O7/c1-7(17)11-12(8-3-2-4-9(5-8)16(22)23)15(6-10(18)19)14(21)13(11)20/h2-5,12,20H,6H2,1H3,(H,18,19)/p-1/t12-/m0/s1. The first-order chi connectivity index (χ1) is 10.7. The van der Waals surface area contributed by atoms with Crippen molar-refractivity contribution >= 4 is 23.3 Å². The summed E-state index contributed by atoms with van der Waals surface area (Å²) in [4.78, 5) is 45.5. The van der Waals surface area contributed by atoms with Gasteiger partial charge in [0, 0.05) is 12.1 Å². The summed E-state index contributed by atoms with van der Waals surface area (Å²) in [5.41, 5.74) is -0.461. The molecule has 0 radical (unpaired) electrons. The van der Waals surface area contributed by atoms with Gasteiger partial charge < -0.3 is 19.9 Å². The monoisotopic (exact) mass is 319 g/mol. The molecule has 0 unspecified atom stereocenters. The van der Waals surface area contributed by atoms with Crippen LogP contribution in [0.4, 0.5) is 5.69 Å². The SMILES string of the molecule is CC(=O)C1=C(O)C(=O)N(CC(=O)[O-])[C@H]1c1cccc([N+](=O)[O-])c1. The number of nitrogens with zero attached hydrogens (tertiary/aromatic N) is 2. The largest absolute Gasteiger partial charge is 0.548 e. The number of carboxylic acids is 1. The fraction of sp³-hybridized carbons (Fsp3) is 0.214. The molecule has 1 aromatic carbocycles. The molecule has 1 heterocycles. The molecule has 23 heavy (non-hydrogen) atoms. The summed E-state index contributed by atoms with van der Waals surface area (Å²) in [6.07, 6.45) is 0. The smallest absolute Gasteiger partial charge is 0.290 e. The average molecular weight is 319 g/mol. The van der Waals surface area contributed by atoms with Crippen molar-refractivity contribution in [3.05, 3.63) is 51.3 Å². The number of nitro groups is 1. The van der Waals surface area contributed by atoms with E-state index < -0.39 is 40.9 Å². The van der Waals surface area contributed by atoms with Crippen molar-refractivity contribution in [2.45, 2.75) is 13.0 Å². The third-order valence-electron chi connectivity index (χ3n) is 3.38. The summed E-state index contributed by atoms with van der Waals surface area (Å²) < 4.78 is 0. The quantitative estimate of drug-likeness (QED) is 0.576. The minimum Gasteiger partial charge on any atom is -0.548 e. The second-order valence-corrected chi connectivity index (χ2v) is 4.88. The zero-order valence-corrected chi connectivity index (χ0v) is 11.9. The van der Waals surface area contributed by atoms with E-state index in [9.17, 15) is 34.7 Å². The van der Waals surface area contributed by atoms with Crippen LogP contribution in [0.5, 0.6) is 0 Å². The van der Waals surface area contributed by atoms with Gasteiger partial charge in [0.2, 0.25) is 0 Å². The molecular formula is C14H11N2O7-. The molecule has 1 aliphatic heterocycles. The summed E-state index contributed by atoms with van der Waals surface area (Å²) in [7, 11) is 0. The number of carbonyl (C=O) groups is 3. The number of carboxylic acid groups (broad SMARTS) is 1. The molecule has 0 bridgehead atoms. The molecule has 1 aromatic rings. The molecule has 1 N–H and O–H groups in total. The number of carbonyl (C=O) groups excluding carboxylic acids is 3. The molecule has 0 spiro atoms. The number of benzene rings is 1. The molecule has 1 amide bonds. The molecule has 2 rings (SSSR count). The van der Waals surface area contributed by atoms with Crippen molar-refractivity contribution < 1.29 is 29.5 Å². The van der Waals surface area contributed by atoms with Crippen LogP contribution in [0.25, 0.3) is 0 Å². The molecule has 1 aliphatic rings. The van der Waals surface area contributed by atoms with Crippen LogP contribution in [0.15, 0.2) is 35.6 Å². The number of aliphatic hydroxyl groups excluding tert-OH is 1. The van der Waals surface area contributed by atoms with Gasteiger partial charge in [0.15, 0.2) is 11.5 Å². The molecular weight excluding hydrogens is 308 g/mol. The topological polar surface area (TPSA) is 141 Å². The van der Waals surface area contributed by atoms with Gasteiger partial charge in [-0.15, -0.1) is 0 Å². The number of rotatable bonds is 5. The van der Waals surface area contributed by atoms with E-state index >= 15 is 0 Å². The maximum absolute atomic E-state index is 12.0. The maximum atomic E-state index is 12.0. The Morgan fingerprint density at radius 1 is 1.39 bits per heavy atom. The number of hydrogen-bond acceptors (Lipinski definition) is 7. The highest BCUT2D eigenvalue weighted by Crippen LogP contribution is 2.38. The number of amides is 1. The van der Waals surface area contributed by atoms with E-state index in [2.05, 4.69) is 0 Å². The van der Waals surface area contributed by atoms with Crippen LogP contribution in [-0.4, -0.2) is 39.1 Å². The number of aliphatic carboxylic acids is 1. The van der Waals surface area contributed by atoms with E-state index in [0.29, 0.717) is 0 Å². The van der Waals surface area contributed by atoms with Crippen LogP contribution < -0.4 is 5.11 Å². The number of non-ortho nitro benzene ring substituents is 1. The predicted molar refractivity (Wildman–Crippen MR) is 72.9 cm³/mol. The molecule has 9 nitrogen and oxygen atoms in total. The van der Waals surface area contributed by atoms with Crippen LogP contribution in [0.3, 0.4) is 0 Å². The van der Waals surface area contributed by atoms with Gasteiger partial charge in [-0.25, -0.2) is 0 Å². The van der Waals surface area contributed by atoms with Crippen molar-refractivity contribution in [1.29, 1.82) is 0 Å². The van der Waals surface area contributed by atoms with E-state index in [4.69, 9.17) is 0 Å². The fourth-order valence-corrected chi connectivity index (χ4v) is 2.47. The average Bonchev–Trinajstić information content (AvgIpc) is 2.71. The summed E-state index contributed by atoms with van der Waals surface area (Å²) >= 11 is 0. The van der Waals surface area contributed by atoms with Gasteiger partial charge in [-0.05, 0) is 12.5 Å². The van der Waals surface area contributed by atoms with E-state index in [1.807, 2.05) is 0 Å². The number of nitro benzene ring substituents is 1. The second kappa shape index (κ2) is 5.87. The van der Waals surface area contributed by atoms with Crippen LogP contribution in [0.2, 0.25) is 0 Å². The van der Waals surface area contributed by atoms with Gasteiger partial charge in [-0.3, -0.25) is 19.7 Å². The highest BCUT2D eigenvalue weighted by Gasteiger charge is 2.42. The van der Waals surface area contributed by atoms with Crippen LogP contribution in [-0.2, 0) is 14.4 Å². The number of aliphatic hydroxyl groups is 1. The first kappa shape index (κ1) is 16.1. The van der Waals surface area contributed by atoms with Gasteiger partial charge in [0.1, 0.15) is 0 Å². The third-order valence-corrected chi connectivity index (χ3v) is 3.38. The number of ketones is 1. The third kappa shape index (κ3) is 2.89. The Morgan fingerprint density at radius 3 is 2.57 bits per heavy atom. The molecule has 0 fully saturated rings. The lowest BCUT2D eigenvalue weighted by Gasteiger charge is -2.26. The summed E-state index contributed by atoms with van der Waals surface area (Å²) in [6.45, 7) is 0.235. The van der Waals surface area contributed by atoms with Gasteiger partial charge in [-0.1, -0.05) is 12.1 Å². The van der Waals surface area contributed by atoms with E-state index in [-0.39, 0.29) is 16.8 Å². The molecule has 0 aliphatic carbocycles. The molecule has 120 valence electrons. The van der Waals surface area contributed by atoms with Gasteiger partial charge in [0.25, 0.3) is 11.6 Å². The molecule has 9 heteroatoms. The Balaban J connectivity index is 2.59. The number of hydrogen-bond donors (Lipinski definition) is 1. The van der Waals surface area contributed by atoms with Crippen LogP contribution in [0.1, 0.15) is 18.5 Å². The van der Waals surface area contributed by atoms with Crippen LogP contribution in [0, 0.1) is 10.1 Å². The highest BCUT2D eigenvalue weighted by atomic mass is 16.6. The second-order valence-electron chi connectivity index (χ2n) is 4.88. The molecule has 1 atom stereocenters. The van der Waals surface area contributed by atoms with Crippen LogP contribution >= 0.6 is 0 Å². The Hall–Kier alpha value is -3.23. The predicted octanol–water partition coefficient (Wildman–Crippen LogP) is -0.371. The fourth-order valence-electron chi connectivity index (χ4n) is 2.47. The molecule has 0 saturated heterocycles. The first-order valence-electron chi connectivity index (χ1n) is 6.43. The van der Waals surface area contributed by atoms with E-state index in [1.54, 1.807) is 0 Å². The minimum atomic E-state index is -1.59. The zero-order valence-electron chi connectivity index (χ0n) is 11.9. The Morgan fingerprint density at radius 2 is 2.04 bits per heavy atom. The van der Waals surface area contributed by atoms with Gasteiger partial charge in [0.05, 0.1) is 29.1 Å². The number of Topliss-reactive ketones (excluding diaryl/α,β-unsaturated/α-hetero) is 1. The highest BCUT2D eigenvalue weighted by molar-refractivity contribution is 6.08. The summed E-state index contributed by atoms with van der Waals surface area (Å²) in [5.74, 6) is -4.15. The van der Waals surface area contributed by atoms with Crippen molar-refractivity contribution in [3.63, 3.8) is 0 Å². The Labute approximate surface area is 129 Å². The molecule has 0 saturated carbocycles. The Bertz CT molecular complexity index is 753. The van der Waals surface area contributed by atoms with Crippen molar-refractivity contribution in [2.24, 2.45) is 0 Å². The minimum absolute atomic E-state index is 0.142. The van der Waals surface area contributed by atoms with Gasteiger partial charge >= 0.3 is 0 Å². The normalized spacial score (nSPS) is 17.5. The van der Waals surface area contributed by atoms with Crippen molar-refractivity contribution in [2.75, 3.05) is 6.54 Å². The molecule has 0 aromatic heterocycles.